The molecule has 1 aromatic carbocycles. The summed E-state index contributed by atoms with van der Waals surface area (Å²) < 4.78 is 0. The van der Waals surface area contributed by atoms with E-state index in [1.807, 2.05) is 12.1 Å². The van der Waals surface area contributed by atoms with Crippen LogP contribution in [-0.4, -0.2) is 79.2 Å². The average molecular weight is 388 g/mol. The molecular formula is C24H41N3O. The van der Waals surface area contributed by atoms with E-state index in [1.165, 1.54) is 43.6 Å². The Morgan fingerprint density at radius 3 is 2.50 bits per heavy atom. The molecule has 1 N–H and O–H groups in total. The predicted octanol–water partition coefficient (Wildman–Crippen LogP) is 3.58. The molecule has 0 aliphatic carbocycles. The van der Waals surface area contributed by atoms with E-state index < -0.39 is 0 Å². The van der Waals surface area contributed by atoms with Gasteiger partial charge < -0.3 is 19.8 Å². The van der Waals surface area contributed by atoms with Crippen molar-refractivity contribution < 1.29 is 5.11 Å². The van der Waals surface area contributed by atoms with Gasteiger partial charge in [0.2, 0.25) is 0 Å². The molecule has 1 aromatic rings. The second-order valence-electron chi connectivity index (χ2n) is 9.71. The van der Waals surface area contributed by atoms with Gasteiger partial charge in [-0.2, -0.15) is 0 Å². The van der Waals surface area contributed by atoms with Crippen LogP contribution in [0, 0.1) is 5.92 Å². The molecular weight excluding hydrogens is 346 g/mol. The molecule has 158 valence electrons. The van der Waals surface area contributed by atoms with Crippen LogP contribution >= 0.6 is 0 Å². The second-order valence-corrected chi connectivity index (χ2v) is 9.71. The van der Waals surface area contributed by atoms with Crippen molar-refractivity contribution in [2.24, 2.45) is 5.92 Å². The molecule has 0 radical (unpaired) electrons. The maximum absolute atomic E-state index is 10.3. The van der Waals surface area contributed by atoms with Gasteiger partial charge in [-0.25, -0.2) is 0 Å². The van der Waals surface area contributed by atoms with Gasteiger partial charge in [0, 0.05) is 24.0 Å². The first kappa shape index (κ1) is 21.6. The fourth-order valence-corrected chi connectivity index (χ4v) is 5.85. The molecule has 0 spiro atoms. The van der Waals surface area contributed by atoms with E-state index in [2.05, 4.69) is 62.7 Å². The van der Waals surface area contributed by atoms with Crippen LogP contribution in [0.3, 0.4) is 0 Å². The molecule has 0 bridgehead atoms. The predicted molar refractivity (Wildman–Crippen MR) is 118 cm³/mol. The van der Waals surface area contributed by atoms with Gasteiger partial charge in [0.1, 0.15) is 5.75 Å². The highest BCUT2D eigenvalue weighted by Gasteiger charge is 2.47. The van der Waals surface area contributed by atoms with Crippen molar-refractivity contribution in [3.05, 3.63) is 29.3 Å². The number of hydrogen-bond acceptors (Lipinski definition) is 4. The summed E-state index contributed by atoms with van der Waals surface area (Å²) in [6.45, 7) is 11.8. The molecule has 0 aromatic heterocycles. The fraction of sp³-hybridized carbons (Fsp3) is 0.750. The Labute approximate surface area is 172 Å². The van der Waals surface area contributed by atoms with Crippen molar-refractivity contribution >= 4 is 0 Å². The van der Waals surface area contributed by atoms with Crippen LogP contribution < -0.4 is 0 Å². The van der Waals surface area contributed by atoms with Crippen LogP contribution in [0.4, 0.5) is 0 Å². The highest BCUT2D eigenvalue weighted by atomic mass is 16.3. The number of piperidine rings is 2. The summed E-state index contributed by atoms with van der Waals surface area (Å²) in [7, 11) is 6.85. The third-order valence-electron chi connectivity index (χ3n) is 7.74. The van der Waals surface area contributed by atoms with Gasteiger partial charge >= 0.3 is 0 Å². The fourth-order valence-electron chi connectivity index (χ4n) is 5.85. The van der Waals surface area contributed by atoms with Crippen LogP contribution in [0.5, 0.6) is 5.75 Å². The number of rotatable bonds is 5. The van der Waals surface area contributed by atoms with Crippen LogP contribution in [0.15, 0.2) is 18.2 Å². The average Bonchev–Trinajstić information content (AvgIpc) is 2.67. The van der Waals surface area contributed by atoms with Crippen LogP contribution in [0.2, 0.25) is 0 Å². The Bertz CT molecular complexity index is 655. The zero-order valence-corrected chi connectivity index (χ0v) is 18.9. The van der Waals surface area contributed by atoms with E-state index >= 15 is 0 Å². The number of likely N-dealkylation sites (tertiary alicyclic amines) is 2. The topological polar surface area (TPSA) is 30.0 Å². The minimum absolute atomic E-state index is 0.0518. The van der Waals surface area contributed by atoms with E-state index in [0.717, 1.165) is 25.3 Å². The molecule has 2 heterocycles. The number of benzene rings is 1. The van der Waals surface area contributed by atoms with E-state index in [4.69, 9.17) is 0 Å². The normalized spacial score (nSPS) is 30.8. The van der Waals surface area contributed by atoms with E-state index in [1.54, 1.807) is 0 Å². The lowest BCUT2D eigenvalue weighted by Gasteiger charge is -2.54. The number of hydrogen-bond donors (Lipinski definition) is 1. The van der Waals surface area contributed by atoms with Crippen molar-refractivity contribution in [2.45, 2.75) is 64.0 Å². The van der Waals surface area contributed by atoms with Crippen LogP contribution in [-0.2, 0) is 11.8 Å². The maximum Gasteiger partial charge on any atom is 0.115 e. The first-order valence-corrected chi connectivity index (χ1v) is 11.2. The lowest BCUT2D eigenvalue weighted by atomic mass is 9.66. The van der Waals surface area contributed by atoms with Crippen molar-refractivity contribution in [2.75, 3.05) is 47.3 Å². The lowest BCUT2D eigenvalue weighted by Crippen LogP contribution is -2.63. The highest BCUT2D eigenvalue weighted by Crippen LogP contribution is 2.43. The molecule has 2 fully saturated rings. The number of aryl methyl sites for hydroxylation is 1. The lowest BCUT2D eigenvalue weighted by molar-refractivity contribution is 0.00874. The Balaban J connectivity index is 1.91. The molecule has 0 saturated carbocycles. The van der Waals surface area contributed by atoms with Crippen LogP contribution in [0.1, 0.15) is 51.2 Å². The van der Waals surface area contributed by atoms with Crippen LogP contribution in [0.25, 0.3) is 0 Å². The number of nitrogens with zero attached hydrogens (tertiary/aromatic N) is 3. The summed E-state index contributed by atoms with van der Waals surface area (Å²) in [6, 6.07) is 6.96. The molecule has 28 heavy (non-hydrogen) atoms. The first-order chi connectivity index (χ1) is 13.3. The van der Waals surface area contributed by atoms with Gasteiger partial charge in [0.05, 0.1) is 0 Å². The molecule has 0 amide bonds. The third-order valence-corrected chi connectivity index (χ3v) is 7.74. The van der Waals surface area contributed by atoms with Crippen molar-refractivity contribution in [1.82, 2.24) is 14.7 Å². The second kappa shape index (κ2) is 8.73. The Morgan fingerprint density at radius 2 is 1.86 bits per heavy atom. The maximum atomic E-state index is 10.3. The zero-order valence-electron chi connectivity index (χ0n) is 18.9. The van der Waals surface area contributed by atoms with Gasteiger partial charge in [0.15, 0.2) is 0 Å². The van der Waals surface area contributed by atoms with Crippen molar-refractivity contribution in [3.63, 3.8) is 0 Å². The number of likely N-dealkylation sites (N-methyl/N-ethyl adjacent to an activating group) is 2. The monoisotopic (exact) mass is 387 g/mol. The van der Waals surface area contributed by atoms with E-state index in [0.29, 0.717) is 17.8 Å². The smallest absolute Gasteiger partial charge is 0.115 e. The summed E-state index contributed by atoms with van der Waals surface area (Å²) in [5.41, 5.74) is 2.79. The third kappa shape index (κ3) is 4.24. The molecule has 4 nitrogen and oxygen atoms in total. The van der Waals surface area contributed by atoms with Crippen molar-refractivity contribution in [3.8, 4) is 5.75 Å². The Morgan fingerprint density at radius 1 is 1.18 bits per heavy atom. The molecule has 2 saturated heterocycles. The first-order valence-electron chi connectivity index (χ1n) is 11.2. The van der Waals surface area contributed by atoms with E-state index in [9.17, 15) is 5.11 Å². The number of aromatic hydroxyl groups is 1. The van der Waals surface area contributed by atoms with Gasteiger partial charge in [-0.3, -0.25) is 0 Å². The highest BCUT2D eigenvalue weighted by molar-refractivity contribution is 5.42. The molecule has 2 aliphatic heterocycles. The van der Waals surface area contributed by atoms with Gasteiger partial charge in [0.25, 0.3) is 0 Å². The molecule has 3 rings (SSSR count). The Hall–Kier alpha value is -1.10. The van der Waals surface area contributed by atoms with Gasteiger partial charge in [-0.1, -0.05) is 19.9 Å². The number of phenols is 1. The number of phenolic OH excluding ortho intramolecular Hbond substituents is 1. The summed E-state index contributed by atoms with van der Waals surface area (Å²) in [5, 5.41) is 10.3. The zero-order chi connectivity index (χ0) is 20.5. The van der Waals surface area contributed by atoms with Gasteiger partial charge in [-0.15, -0.1) is 0 Å². The minimum atomic E-state index is 0.0518. The summed E-state index contributed by atoms with van der Waals surface area (Å²) >= 11 is 0. The molecule has 2 aliphatic rings. The molecule has 4 heteroatoms. The Kier molecular flexibility index (Phi) is 6.73. The summed E-state index contributed by atoms with van der Waals surface area (Å²) in [6.07, 6.45) is 4.76. The quantitative estimate of drug-likeness (QED) is 0.836. The largest absolute Gasteiger partial charge is 0.508 e. The summed E-state index contributed by atoms with van der Waals surface area (Å²) in [5.74, 6) is 1.19. The minimum Gasteiger partial charge on any atom is -0.508 e. The molecule has 3 atom stereocenters. The SMILES string of the molecule is CCc1ccc(O)cc1[C@@]1(C)CCN(C)C(C)C1N(C)CC1CCN(C)CC1. The summed E-state index contributed by atoms with van der Waals surface area (Å²) in [4.78, 5) is 7.63. The van der Waals surface area contributed by atoms with Gasteiger partial charge in [-0.05, 0) is 103 Å². The standard InChI is InChI=1S/C24H41N3O/c1-7-20-8-9-21(28)16-22(20)24(3)12-15-26(5)18(2)23(24)27(6)17-19-10-13-25(4)14-11-19/h8-9,16,18-19,23,28H,7,10-15,17H2,1-6H3/t18?,23?,24-/m1/s1. The van der Waals surface area contributed by atoms with E-state index in [-0.39, 0.29) is 5.41 Å². The molecule has 2 unspecified atom stereocenters. The van der Waals surface area contributed by atoms with Crippen molar-refractivity contribution in [1.29, 1.82) is 0 Å².